The van der Waals surface area contributed by atoms with Crippen LogP contribution < -0.4 is 11.1 Å². The Labute approximate surface area is 139 Å². The predicted octanol–water partition coefficient (Wildman–Crippen LogP) is 3.43. The normalized spacial score (nSPS) is 26.5. The summed E-state index contributed by atoms with van der Waals surface area (Å²) in [5, 5.41) is 3.40. The van der Waals surface area contributed by atoms with Crippen molar-refractivity contribution in [1.29, 1.82) is 0 Å². The van der Waals surface area contributed by atoms with Crippen LogP contribution in [0.5, 0.6) is 0 Å². The van der Waals surface area contributed by atoms with Gasteiger partial charge < -0.3 is 11.1 Å². The van der Waals surface area contributed by atoms with Crippen LogP contribution in [0, 0.1) is 12.8 Å². The molecule has 4 heteroatoms. The highest BCUT2D eigenvalue weighted by Gasteiger charge is 2.39. The number of carbonyl (C=O) groups is 1. The second-order valence-corrected chi connectivity index (χ2v) is 6.92. The van der Waals surface area contributed by atoms with Gasteiger partial charge in [-0.05, 0) is 44.6 Å². The van der Waals surface area contributed by atoms with Crippen LogP contribution in [0.4, 0.5) is 0 Å². The maximum atomic E-state index is 12.6. The van der Waals surface area contributed by atoms with Crippen LogP contribution in [-0.4, -0.2) is 11.9 Å². The van der Waals surface area contributed by atoms with Crippen molar-refractivity contribution in [3.8, 4) is 0 Å². The topological polar surface area (TPSA) is 55.1 Å². The largest absolute Gasteiger partial charge is 0.346 e. The van der Waals surface area contributed by atoms with Gasteiger partial charge in [-0.1, -0.05) is 42.7 Å². The zero-order valence-electron chi connectivity index (χ0n) is 13.3. The molecule has 0 aliphatic heterocycles. The van der Waals surface area contributed by atoms with Crippen LogP contribution in [0.2, 0.25) is 0 Å². The van der Waals surface area contributed by atoms with E-state index in [2.05, 4.69) is 36.5 Å². The number of hydrogen-bond donors (Lipinski definition) is 2. The molecule has 2 fully saturated rings. The second kappa shape index (κ2) is 7.01. The smallest absolute Gasteiger partial charge is 0.223 e. The highest BCUT2D eigenvalue weighted by Crippen LogP contribution is 2.40. The third kappa shape index (κ3) is 3.47. The molecule has 2 unspecified atom stereocenters. The molecule has 122 valence electrons. The number of carbonyl (C=O) groups excluding carboxylic acids is 1. The number of rotatable bonds is 3. The molecule has 0 aromatic heterocycles. The fourth-order valence-corrected chi connectivity index (χ4v) is 4.00. The Kier molecular flexibility index (Phi) is 5.51. The monoisotopic (exact) mass is 322 g/mol. The highest BCUT2D eigenvalue weighted by molar-refractivity contribution is 5.85. The molecular weight excluding hydrogens is 296 g/mol. The molecule has 1 amide bonds. The molecule has 0 saturated heterocycles. The minimum atomic E-state index is -0.143. The van der Waals surface area contributed by atoms with E-state index in [1.165, 1.54) is 24.0 Å². The molecule has 2 atom stereocenters. The Hall–Kier alpha value is -1.06. The summed E-state index contributed by atoms with van der Waals surface area (Å²) in [7, 11) is 0. The second-order valence-electron chi connectivity index (χ2n) is 6.92. The van der Waals surface area contributed by atoms with Crippen molar-refractivity contribution in [3.63, 3.8) is 0 Å². The van der Waals surface area contributed by atoms with E-state index in [0.717, 1.165) is 32.1 Å². The molecule has 2 saturated carbocycles. The number of nitrogens with one attached hydrogen (secondary N) is 1. The molecule has 2 aliphatic rings. The molecule has 22 heavy (non-hydrogen) atoms. The lowest BCUT2D eigenvalue weighted by atomic mass is 9.86. The average molecular weight is 323 g/mol. The standard InChI is InChI=1S/C18H26N2O.ClH/c1-13-5-4-6-15(11-13)18(9-2-3-10-18)20-17(21)14-7-8-16(19)12-14;/h4-6,11,14,16H,2-3,7-10,12,19H2,1H3,(H,20,21);1H. The SMILES string of the molecule is Cc1cccc(C2(NC(=O)C3CCC(N)C3)CCCC2)c1.Cl. The van der Waals surface area contributed by atoms with E-state index in [9.17, 15) is 4.79 Å². The Morgan fingerprint density at radius 1 is 1.27 bits per heavy atom. The predicted molar refractivity (Wildman–Crippen MR) is 92.0 cm³/mol. The third-order valence-corrected chi connectivity index (χ3v) is 5.23. The van der Waals surface area contributed by atoms with E-state index in [1.54, 1.807) is 0 Å². The zero-order valence-corrected chi connectivity index (χ0v) is 14.1. The fraction of sp³-hybridized carbons (Fsp3) is 0.611. The van der Waals surface area contributed by atoms with Gasteiger partial charge in [0.25, 0.3) is 0 Å². The zero-order chi connectivity index (χ0) is 14.9. The third-order valence-electron chi connectivity index (χ3n) is 5.23. The molecular formula is C18H27ClN2O. The number of halogens is 1. The molecule has 0 spiro atoms. The Bertz CT molecular complexity index is 526. The van der Waals surface area contributed by atoms with Crippen LogP contribution in [0.15, 0.2) is 24.3 Å². The molecule has 0 radical (unpaired) electrons. The van der Waals surface area contributed by atoms with Gasteiger partial charge >= 0.3 is 0 Å². The van der Waals surface area contributed by atoms with E-state index in [-0.39, 0.29) is 35.8 Å². The summed E-state index contributed by atoms with van der Waals surface area (Å²) in [5.74, 6) is 0.327. The minimum Gasteiger partial charge on any atom is -0.346 e. The first kappa shape index (κ1) is 17.3. The van der Waals surface area contributed by atoms with Gasteiger partial charge in [-0.2, -0.15) is 0 Å². The number of aryl methyl sites for hydroxylation is 1. The summed E-state index contributed by atoms with van der Waals surface area (Å²) < 4.78 is 0. The van der Waals surface area contributed by atoms with Crippen molar-refractivity contribution in [2.45, 2.75) is 63.5 Å². The first-order valence-corrected chi connectivity index (χ1v) is 8.24. The number of amides is 1. The van der Waals surface area contributed by atoms with Crippen molar-refractivity contribution < 1.29 is 4.79 Å². The van der Waals surface area contributed by atoms with Crippen molar-refractivity contribution in [2.24, 2.45) is 11.7 Å². The molecule has 3 rings (SSSR count). The van der Waals surface area contributed by atoms with Gasteiger partial charge in [0.15, 0.2) is 0 Å². The first-order chi connectivity index (χ1) is 10.1. The summed E-state index contributed by atoms with van der Waals surface area (Å²) in [6.45, 7) is 2.12. The van der Waals surface area contributed by atoms with Gasteiger partial charge in [0, 0.05) is 12.0 Å². The molecule has 1 aromatic carbocycles. The molecule has 2 aliphatic carbocycles. The molecule has 1 aromatic rings. The van der Waals surface area contributed by atoms with Crippen LogP contribution in [0.3, 0.4) is 0 Å². The van der Waals surface area contributed by atoms with Crippen LogP contribution in [0.1, 0.15) is 56.1 Å². The summed E-state index contributed by atoms with van der Waals surface area (Å²) in [4.78, 5) is 12.6. The highest BCUT2D eigenvalue weighted by atomic mass is 35.5. The van der Waals surface area contributed by atoms with Gasteiger partial charge in [-0.15, -0.1) is 12.4 Å². The van der Waals surface area contributed by atoms with Crippen molar-refractivity contribution in [1.82, 2.24) is 5.32 Å². The van der Waals surface area contributed by atoms with Gasteiger partial charge in [0.05, 0.1) is 5.54 Å². The van der Waals surface area contributed by atoms with E-state index < -0.39 is 0 Å². The van der Waals surface area contributed by atoms with Gasteiger partial charge in [0.1, 0.15) is 0 Å². The Morgan fingerprint density at radius 3 is 2.59 bits per heavy atom. The van der Waals surface area contributed by atoms with Crippen LogP contribution in [-0.2, 0) is 10.3 Å². The molecule has 3 nitrogen and oxygen atoms in total. The van der Waals surface area contributed by atoms with E-state index in [0.29, 0.717) is 0 Å². The fourth-order valence-electron chi connectivity index (χ4n) is 4.00. The number of hydrogen-bond acceptors (Lipinski definition) is 2. The lowest BCUT2D eigenvalue weighted by Crippen LogP contribution is -2.46. The summed E-state index contributed by atoms with van der Waals surface area (Å²) in [6, 6.07) is 8.82. The summed E-state index contributed by atoms with van der Waals surface area (Å²) in [6.07, 6.45) is 7.26. The maximum Gasteiger partial charge on any atom is 0.223 e. The summed E-state index contributed by atoms with van der Waals surface area (Å²) >= 11 is 0. The molecule has 0 heterocycles. The van der Waals surface area contributed by atoms with Crippen LogP contribution in [0.25, 0.3) is 0 Å². The molecule has 0 bridgehead atoms. The minimum absolute atomic E-state index is 0. The number of nitrogens with two attached hydrogens (primary N) is 1. The van der Waals surface area contributed by atoms with E-state index in [4.69, 9.17) is 5.73 Å². The lowest BCUT2D eigenvalue weighted by molar-refractivity contribution is -0.127. The van der Waals surface area contributed by atoms with E-state index >= 15 is 0 Å². The molecule has 3 N–H and O–H groups in total. The van der Waals surface area contributed by atoms with Gasteiger partial charge in [-0.25, -0.2) is 0 Å². The van der Waals surface area contributed by atoms with Crippen molar-refractivity contribution in [2.75, 3.05) is 0 Å². The van der Waals surface area contributed by atoms with Gasteiger partial charge in [0.2, 0.25) is 5.91 Å². The quantitative estimate of drug-likeness (QED) is 0.895. The Balaban J connectivity index is 0.00000176. The first-order valence-electron chi connectivity index (χ1n) is 8.24. The lowest BCUT2D eigenvalue weighted by Gasteiger charge is -2.32. The average Bonchev–Trinajstić information content (AvgIpc) is 3.09. The van der Waals surface area contributed by atoms with Crippen LogP contribution >= 0.6 is 12.4 Å². The summed E-state index contributed by atoms with van der Waals surface area (Å²) in [5.41, 5.74) is 8.35. The van der Waals surface area contributed by atoms with Crippen molar-refractivity contribution >= 4 is 18.3 Å². The maximum absolute atomic E-state index is 12.6. The van der Waals surface area contributed by atoms with Gasteiger partial charge in [-0.3, -0.25) is 4.79 Å². The number of benzene rings is 1. The van der Waals surface area contributed by atoms with E-state index in [1.807, 2.05) is 0 Å². The Morgan fingerprint density at radius 2 is 2.00 bits per heavy atom. The van der Waals surface area contributed by atoms with Crippen molar-refractivity contribution in [3.05, 3.63) is 35.4 Å².